The SMILES string of the molecule is FC(F)=C(F)CCSc1nc2ccncc2s1. The molecule has 0 aromatic carbocycles. The van der Waals surface area contributed by atoms with Crippen LogP contribution in [0.4, 0.5) is 13.2 Å². The number of nitrogens with zero attached hydrogens (tertiary/aromatic N) is 2. The molecule has 0 N–H and O–H groups in total. The van der Waals surface area contributed by atoms with Crippen molar-refractivity contribution in [2.24, 2.45) is 0 Å². The lowest BCUT2D eigenvalue weighted by atomic mass is 10.4. The van der Waals surface area contributed by atoms with Crippen LogP contribution in [0.2, 0.25) is 0 Å². The smallest absolute Gasteiger partial charge is 0.263 e. The standard InChI is InChI=1S/C10H7F3N2S2/c11-6(9(12)13)2-4-16-10-15-7-1-3-14-5-8(7)17-10/h1,3,5H,2,4H2. The van der Waals surface area contributed by atoms with E-state index in [1.54, 1.807) is 18.5 Å². The molecule has 0 amide bonds. The Balaban J connectivity index is 1.98. The summed E-state index contributed by atoms with van der Waals surface area (Å²) in [6.45, 7) is 0. The molecule has 0 aliphatic heterocycles. The summed E-state index contributed by atoms with van der Waals surface area (Å²) in [5.41, 5.74) is 0.820. The minimum Gasteiger partial charge on any atom is -0.263 e. The average molecular weight is 276 g/mol. The number of thioether (sulfide) groups is 1. The molecular weight excluding hydrogens is 269 g/mol. The number of aromatic nitrogens is 2. The maximum atomic E-state index is 12.5. The van der Waals surface area contributed by atoms with Gasteiger partial charge in [-0.05, 0) is 6.07 Å². The Kier molecular flexibility index (Phi) is 4.01. The fourth-order valence-electron chi connectivity index (χ4n) is 1.14. The lowest BCUT2D eigenvalue weighted by Crippen LogP contribution is -1.82. The maximum absolute atomic E-state index is 12.5. The van der Waals surface area contributed by atoms with E-state index in [1.807, 2.05) is 0 Å². The molecule has 0 saturated carbocycles. The lowest BCUT2D eigenvalue weighted by molar-refractivity contribution is 0.373. The highest BCUT2D eigenvalue weighted by Crippen LogP contribution is 2.30. The molecule has 0 spiro atoms. The molecule has 2 aromatic heterocycles. The number of halogens is 3. The Morgan fingerprint density at radius 2 is 2.18 bits per heavy atom. The number of rotatable bonds is 4. The van der Waals surface area contributed by atoms with Gasteiger partial charge in [0.05, 0.1) is 10.2 Å². The fourth-order valence-corrected chi connectivity index (χ4v) is 3.18. The number of pyridine rings is 1. The molecule has 0 unspecified atom stereocenters. The van der Waals surface area contributed by atoms with E-state index in [9.17, 15) is 13.2 Å². The van der Waals surface area contributed by atoms with E-state index in [-0.39, 0.29) is 12.2 Å². The maximum Gasteiger partial charge on any atom is 0.301 e. The van der Waals surface area contributed by atoms with Crippen LogP contribution in [0.15, 0.2) is 34.7 Å². The summed E-state index contributed by atoms with van der Waals surface area (Å²) < 4.78 is 37.8. The van der Waals surface area contributed by atoms with Crippen LogP contribution in [0.1, 0.15) is 6.42 Å². The molecule has 0 fully saturated rings. The monoisotopic (exact) mass is 276 g/mol. The molecular formula is C10H7F3N2S2. The molecule has 0 aliphatic carbocycles. The van der Waals surface area contributed by atoms with Crippen LogP contribution < -0.4 is 0 Å². The van der Waals surface area contributed by atoms with Gasteiger partial charge in [-0.3, -0.25) is 4.98 Å². The fraction of sp³-hybridized carbons (Fsp3) is 0.200. The molecule has 2 heterocycles. The van der Waals surface area contributed by atoms with Gasteiger partial charge in [0, 0.05) is 24.6 Å². The van der Waals surface area contributed by atoms with Crippen LogP contribution in [0, 0.1) is 0 Å². The van der Waals surface area contributed by atoms with E-state index >= 15 is 0 Å². The van der Waals surface area contributed by atoms with E-state index in [0.29, 0.717) is 0 Å². The Morgan fingerprint density at radius 1 is 1.35 bits per heavy atom. The van der Waals surface area contributed by atoms with Crippen molar-refractivity contribution in [2.75, 3.05) is 5.75 Å². The van der Waals surface area contributed by atoms with E-state index in [4.69, 9.17) is 0 Å². The summed E-state index contributed by atoms with van der Waals surface area (Å²) in [6.07, 6.45) is 0.816. The van der Waals surface area contributed by atoms with Gasteiger partial charge >= 0.3 is 6.08 Å². The van der Waals surface area contributed by atoms with Gasteiger partial charge < -0.3 is 0 Å². The van der Waals surface area contributed by atoms with Gasteiger partial charge in [0.25, 0.3) is 0 Å². The third-order valence-electron chi connectivity index (χ3n) is 1.92. The number of hydrogen-bond acceptors (Lipinski definition) is 4. The van der Waals surface area contributed by atoms with Gasteiger partial charge in [0.1, 0.15) is 0 Å². The van der Waals surface area contributed by atoms with Gasteiger partial charge in [-0.1, -0.05) is 11.8 Å². The van der Waals surface area contributed by atoms with Crippen molar-refractivity contribution in [1.82, 2.24) is 9.97 Å². The summed E-state index contributed by atoms with van der Waals surface area (Å²) in [7, 11) is 0. The van der Waals surface area contributed by atoms with Crippen molar-refractivity contribution in [3.05, 3.63) is 30.4 Å². The molecule has 17 heavy (non-hydrogen) atoms. The summed E-state index contributed by atoms with van der Waals surface area (Å²) in [5.74, 6) is -1.10. The Bertz CT molecular complexity index is 516. The Hall–Kier alpha value is -1.08. The van der Waals surface area contributed by atoms with Gasteiger partial charge in [-0.2, -0.15) is 8.78 Å². The highest BCUT2D eigenvalue weighted by atomic mass is 32.2. The largest absolute Gasteiger partial charge is 0.301 e. The highest BCUT2D eigenvalue weighted by Gasteiger charge is 2.07. The van der Waals surface area contributed by atoms with E-state index in [1.165, 1.54) is 23.1 Å². The first-order chi connectivity index (χ1) is 8.16. The predicted octanol–water partition coefficient (Wildman–Crippen LogP) is 4.25. The average Bonchev–Trinajstić information content (AvgIpc) is 2.71. The molecule has 0 radical (unpaired) electrons. The van der Waals surface area contributed by atoms with Gasteiger partial charge in [-0.25, -0.2) is 9.37 Å². The molecule has 0 aliphatic rings. The van der Waals surface area contributed by atoms with E-state index in [0.717, 1.165) is 14.6 Å². The van der Waals surface area contributed by atoms with Crippen LogP contribution in [0.5, 0.6) is 0 Å². The van der Waals surface area contributed by atoms with Crippen molar-refractivity contribution in [3.8, 4) is 0 Å². The minimum atomic E-state index is -2.24. The molecule has 7 heteroatoms. The number of fused-ring (bicyclic) bond motifs is 1. The van der Waals surface area contributed by atoms with E-state index in [2.05, 4.69) is 9.97 Å². The van der Waals surface area contributed by atoms with Crippen molar-refractivity contribution in [3.63, 3.8) is 0 Å². The second kappa shape index (κ2) is 5.50. The normalized spacial score (nSPS) is 10.8. The molecule has 0 bridgehead atoms. The second-order valence-corrected chi connectivity index (χ2v) is 5.46. The Morgan fingerprint density at radius 3 is 2.88 bits per heavy atom. The summed E-state index contributed by atoms with van der Waals surface area (Å²) in [5, 5.41) is 0. The van der Waals surface area contributed by atoms with Gasteiger partial charge in [-0.15, -0.1) is 11.3 Å². The minimum absolute atomic E-state index is 0.246. The third-order valence-corrected chi connectivity index (χ3v) is 4.07. The summed E-state index contributed by atoms with van der Waals surface area (Å²) >= 11 is 2.68. The van der Waals surface area contributed by atoms with Crippen LogP contribution in [0.3, 0.4) is 0 Å². The predicted molar refractivity (Wildman–Crippen MR) is 63.1 cm³/mol. The van der Waals surface area contributed by atoms with Crippen LogP contribution in [0.25, 0.3) is 10.2 Å². The lowest BCUT2D eigenvalue weighted by Gasteiger charge is -1.94. The molecule has 90 valence electrons. The summed E-state index contributed by atoms with van der Waals surface area (Å²) in [4.78, 5) is 8.22. The van der Waals surface area contributed by atoms with Crippen LogP contribution in [-0.2, 0) is 0 Å². The van der Waals surface area contributed by atoms with Crippen LogP contribution in [-0.4, -0.2) is 15.7 Å². The first kappa shape index (κ1) is 12.4. The first-order valence-electron chi connectivity index (χ1n) is 4.70. The Labute approximate surface area is 104 Å². The number of hydrogen-bond donors (Lipinski definition) is 0. The number of thiazole rings is 1. The molecule has 2 aromatic rings. The zero-order valence-electron chi connectivity index (χ0n) is 8.49. The van der Waals surface area contributed by atoms with Crippen molar-refractivity contribution < 1.29 is 13.2 Å². The van der Waals surface area contributed by atoms with Gasteiger partial charge in [0.15, 0.2) is 10.2 Å². The van der Waals surface area contributed by atoms with E-state index < -0.39 is 11.9 Å². The topological polar surface area (TPSA) is 25.8 Å². The zero-order valence-corrected chi connectivity index (χ0v) is 10.1. The van der Waals surface area contributed by atoms with Gasteiger partial charge in [0.2, 0.25) is 0 Å². The second-order valence-electron chi connectivity index (χ2n) is 3.09. The van der Waals surface area contributed by atoms with Crippen molar-refractivity contribution in [1.29, 1.82) is 0 Å². The van der Waals surface area contributed by atoms with Crippen LogP contribution >= 0.6 is 23.1 Å². The molecule has 0 saturated heterocycles. The highest BCUT2D eigenvalue weighted by molar-refractivity contribution is 8.01. The molecule has 0 atom stereocenters. The van der Waals surface area contributed by atoms with Crippen molar-refractivity contribution in [2.45, 2.75) is 10.8 Å². The quantitative estimate of drug-likeness (QED) is 0.781. The zero-order chi connectivity index (χ0) is 12.3. The molecule has 2 rings (SSSR count). The van der Waals surface area contributed by atoms with Crippen molar-refractivity contribution >= 4 is 33.3 Å². The molecule has 2 nitrogen and oxygen atoms in total. The third kappa shape index (κ3) is 3.19. The number of allylic oxidation sites excluding steroid dienone is 1. The first-order valence-corrected chi connectivity index (χ1v) is 6.50. The summed E-state index contributed by atoms with van der Waals surface area (Å²) in [6, 6.07) is 1.78.